The zero-order valence-electron chi connectivity index (χ0n) is 24.5. The molecule has 3 aromatic heterocycles. The Hall–Kier alpha value is -4.44. The van der Waals surface area contributed by atoms with Gasteiger partial charge in [-0.3, -0.25) is 4.98 Å². The predicted molar refractivity (Wildman–Crippen MR) is 168 cm³/mol. The van der Waals surface area contributed by atoms with E-state index >= 15 is 0 Å². The number of fused-ring (bicyclic) bond motifs is 1. The van der Waals surface area contributed by atoms with E-state index in [9.17, 15) is 14.3 Å². The molecule has 1 amide bonds. The van der Waals surface area contributed by atoms with Crippen LogP contribution in [-0.2, 0) is 4.74 Å². The Morgan fingerprint density at radius 3 is 2.70 bits per heavy atom. The van der Waals surface area contributed by atoms with Crippen molar-refractivity contribution in [2.45, 2.75) is 52.2 Å². The van der Waals surface area contributed by atoms with Crippen molar-refractivity contribution >= 4 is 52.0 Å². The van der Waals surface area contributed by atoms with E-state index in [1.54, 1.807) is 24.5 Å². The molecule has 5 rings (SSSR count). The molecule has 224 valence electrons. The number of hydrogen-bond acceptors (Lipinski definition) is 8. The lowest BCUT2D eigenvalue weighted by atomic mass is 10.1. The molecule has 0 radical (unpaired) electrons. The number of rotatable bonds is 6. The third kappa shape index (κ3) is 7.14. The number of anilines is 3. The molecular formula is C32H34ClFN6O3. The van der Waals surface area contributed by atoms with E-state index in [1.165, 1.54) is 12.1 Å². The van der Waals surface area contributed by atoms with Crippen molar-refractivity contribution in [3.8, 4) is 17.0 Å². The van der Waals surface area contributed by atoms with Crippen molar-refractivity contribution < 1.29 is 19.0 Å². The maximum absolute atomic E-state index is 14.2. The lowest BCUT2D eigenvalue weighted by Gasteiger charge is -2.34. The average Bonchev–Trinajstić information content (AvgIpc) is 2.96. The number of aromatic hydroxyl groups is 1. The monoisotopic (exact) mass is 604 g/mol. The van der Waals surface area contributed by atoms with E-state index in [0.29, 0.717) is 34.5 Å². The Morgan fingerprint density at radius 2 is 2.00 bits per heavy atom. The molecule has 11 heteroatoms. The lowest BCUT2D eigenvalue weighted by molar-refractivity contribution is 0.0500. The number of phenols is 1. The molecule has 0 saturated carbocycles. The number of carbonyl (C=O) groups is 1. The summed E-state index contributed by atoms with van der Waals surface area (Å²) in [7, 11) is 0. The molecule has 1 aliphatic rings. The second-order valence-electron chi connectivity index (χ2n) is 11.4. The zero-order chi connectivity index (χ0) is 30.7. The van der Waals surface area contributed by atoms with Gasteiger partial charge in [-0.25, -0.2) is 19.2 Å². The largest absolute Gasteiger partial charge is 0.504 e. The molecule has 0 spiro atoms. The van der Waals surface area contributed by atoms with Crippen LogP contribution < -0.4 is 15.5 Å². The summed E-state index contributed by atoms with van der Waals surface area (Å²) in [5, 5.41) is 16.1. The van der Waals surface area contributed by atoms with Gasteiger partial charge >= 0.3 is 6.09 Å². The molecule has 1 fully saturated rings. The average molecular weight is 605 g/mol. The Kier molecular flexibility index (Phi) is 8.68. The maximum atomic E-state index is 14.2. The number of allylic oxidation sites excluding steroid dienone is 1. The Balaban J connectivity index is 1.39. The fourth-order valence-corrected chi connectivity index (χ4v) is 5.17. The summed E-state index contributed by atoms with van der Waals surface area (Å²) in [5.74, 6) is -0.613. The van der Waals surface area contributed by atoms with Crippen LogP contribution in [0.4, 0.5) is 26.4 Å². The van der Waals surface area contributed by atoms with Gasteiger partial charge in [0, 0.05) is 36.5 Å². The molecule has 4 heterocycles. The number of amides is 1. The summed E-state index contributed by atoms with van der Waals surface area (Å²) in [6, 6.07) is 10.1. The maximum Gasteiger partial charge on any atom is 0.407 e. The molecule has 1 aromatic carbocycles. The SMILES string of the molecule is CC=Cc1cnc2ccc(-c3cc(F)c(O)c(Cl)c3)nc2c1Nc1ccc(N2CCC[C@H](NC(=O)OC(C)(C)C)C2)nc1. The van der Waals surface area contributed by atoms with Gasteiger partial charge < -0.3 is 25.4 Å². The van der Waals surface area contributed by atoms with Crippen molar-refractivity contribution in [3.63, 3.8) is 0 Å². The number of alkyl carbamates (subject to hydrolysis) is 1. The van der Waals surface area contributed by atoms with E-state index in [0.717, 1.165) is 36.5 Å². The van der Waals surface area contributed by atoms with Gasteiger partial charge in [0.15, 0.2) is 11.6 Å². The molecule has 3 N–H and O–H groups in total. The van der Waals surface area contributed by atoms with E-state index in [1.807, 2.05) is 52.0 Å². The fraction of sp³-hybridized carbons (Fsp3) is 0.312. The number of benzene rings is 1. The topological polar surface area (TPSA) is 112 Å². The quantitative estimate of drug-likeness (QED) is 0.208. The Bertz CT molecular complexity index is 1650. The number of aromatic nitrogens is 3. The van der Waals surface area contributed by atoms with E-state index in [4.69, 9.17) is 26.3 Å². The number of pyridine rings is 3. The minimum atomic E-state index is -0.824. The lowest BCUT2D eigenvalue weighted by Crippen LogP contribution is -2.49. The highest BCUT2D eigenvalue weighted by Crippen LogP contribution is 2.35. The Labute approximate surface area is 254 Å². The van der Waals surface area contributed by atoms with Gasteiger partial charge in [0.05, 0.1) is 33.8 Å². The molecule has 4 aromatic rings. The normalized spacial score (nSPS) is 15.6. The molecule has 1 saturated heterocycles. The minimum Gasteiger partial charge on any atom is -0.504 e. The van der Waals surface area contributed by atoms with Crippen molar-refractivity contribution in [2.75, 3.05) is 23.3 Å². The summed E-state index contributed by atoms with van der Waals surface area (Å²) in [6.45, 7) is 8.92. The van der Waals surface area contributed by atoms with Crippen LogP contribution in [0, 0.1) is 5.82 Å². The molecule has 1 aliphatic heterocycles. The van der Waals surface area contributed by atoms with Gasteiger partial charge in [0.1, 0.15) is 16.9 Å². The number of nitrogens with one attached hydrogen (secondary N) is 2. The standard InChI is InChI=1S/C32H34ClFN6O3/c1-5-7-19-16-35-26-11-10-25(20-14-23(33)30(41)24(34)15-20)39-29(26)28(19)37-21-9-12-27(36-17-21)40-13-6-8-22(18-40)38-31(42)43-32(2,3)4/h5,7,9-12,14-17,22,41H,6,8,13,18H2,1-4H3,(H,35,37)(H,38,42)/t22-/m0/s1. The molecular weight excluding hydrogens is 571 g/mol. The van der Waals surface area contributed by atoms with Crippen LogP contribution in [0.2, 0.25) is 5.02 Å². The summed E-state index contributed by atoms with van der Waals surface area (Å²) in [5.41, 5.74) is 3.84. The first-order valence-electron chi connectivity index (χ1n) is 14.1. The van der Waals surface area contributed by atoms with Crippen LogP contribution in [0.15, 0.2) is 54.9 Å². The number of halogens is 2. The molecule has 0 aliphatic carbocycles. The summed E-state index contributed by atoms with van der Waals surface area (Å²) in [6.07, 6.45) is 8.73. The highest BCUT2D eigenvalue weighted by molar-refractivity contribution is 6.32. The number of ether oxygens (including phenoxy) is 1. The van der Waals surface area contributed by atoms with Crippen LogP contribution in [0.3, 0.4) is 0 Å². The van der Waals surface area contributed by atoms with E-state index in [-0.39, 0.29) is 11.1 Å². The van der Waals surface area contributed by atoms with E-state index in [2.05, 4.69) is 20.5 Å². The van der Waals surface area contributed by atoms with E-state index < -0.39 is 23.3 Å². The minimum absolute atomic E-state index is 0.0352. The van der Waals surface area contributed by atoms with Gasteiger partial charge in [-0.15, -0.1) is 0 Å². The number of carbonyl (C=O) groups excluding carboxylic acids is 1. The fourth-order valence-electron chi connectivity index (χ4n) is 4.96. The molecule has 0 unspecified atom stereocenters. The smallest absolute Gasteiger partial charge is 0.407 e. The second-order valence-corrected chi connectivity index (χ2v) is 11.8. The van der Waals surface area contributed by atoms with Crippen molar-refractivity contribution in [1.29, 1.82) is 0 Å². The summed E-state index contributed by atoms with van der Waals surface area (Å²) < 4.78 is 19.7. The first-order chi connectivity index (χ1) is 20.5. The predicted octanol–water partition coefficient (Wildman–Crippen LogP) is 7.46. The van der Waals surface area contributed by atoms with Crippen LogP contribution in [0.25, 0.3) is 28.4 Å². The zero-order valence-corrected chi connectivity index (χ0v) is 25.2. The van der Waals surface area contributed by atoms with Gasteiger partial charge in [0.25, 0.3) is 0 Å². The molecule has 1 atom stereocenters. The summed E-state index contributed by atoms with van der Waals surface area (Å²) in [4.78, 5) is 28.5. The van der Waals surface area contributed by atoms with Crippen LogP contribution in [-0.4, -0.2) is 50.9 Å². The van der Waals surface area contributed by atoms with Crippen molar-refractivity contribution in [3.05, 3.63) is 71.3 Å². The molecule has 0 bridgehead atoms. The highest BCUT2D eigenvalue weighted by Gasteiger charge is 2.25. The van der Waals surface area contributed by atoms with Gasteiger partial charge in [-0.05, 0) is 76.9 Å². The Morgan fingerprint density at radius 1 is 1.19 bits per heavy atom. The van der Waals surface area contributed by atoms with Crippen LogP contribution in [0.1, 0.15) is 46.1 Å². The van der Waals surface area contributed by atoms with Crippen molar-refractivity contribution in [2.24, 2.45) is 0 Å². The summed E-state index contributed by atoms with van der Waals surface area (Å²) >= 11 is 6.03. The molecule has 9 nitrogen and oxygen atoms in total. The first-order valence-corrected chi connectivity index (χ1v) is 14.5. The third-order valence-electron chi connectivity index (χ3n) is 6.88. The number of hydrogen-bond donors (Lipinski definition) is 3. The number of piperidine rings is 1. The third-order valence-corrected chi connectivity index (χ3v) is 7.17. The second kappa shape index (κ2) is 12.4. The number of nitrogens with zero attached hydrogens (tertiary/aromatic N) is 4. The van der Waals surface area contributed by atoms with Crippen LogP contribution in [0.5, 0.6) is 5.75 Å². The molecule has 43 heavy (non-hydrogen) atoms. The van der Waals surface area contributed by atoms with Crippen molar-refractivity contribution in [1.82, 2.24) is 20.3 Å². The number of phenolic OH excluding ortho intramolecular Hbond substituents is 1. The van der Waals surface area contributed by atoms with Gasteiger partial charge in [-0.2, -0.15) is 0 Å². The highest BCUT2D eigenvalue weighted by atomic mass is 35.5. The van der Waals surface area contributed by atoms with Gasteiger partial charge in [0.2, 0.25) is 0 Å². The first kappa shape index (κ1) is 30.0. The van der Waals surface area contributed by atoms with Gasteiger partial charge in [-0.1, -0.05) is 23.8 Å². The van der Waals surface area contributed by atoms with Crippen LogP contribution >= 0.6 is 11.6 Å².